The van der Waals surface area contributed by atoms with Crippen LogP contribution in [0.15, 0.2) is 0 Å². The van der Waals surface area contributed by atoms with Gasteiger partial charge in [0.15, 0.2) is 0 Å². The van der Waals surface area contributed by atoms with Crippen molar-refractivity contribution in [2.75, 3.05) is 0 Å². The first-order chi connectivity index (χ1) is 18.2. The zero-order chi connectivity index (χ0) is 27.5. The predicted molar refractivity (Wildman–Crippen MR) is 175 cm³/mol. The lowest BCUT2D eigenvalue weighted by atomic mass is 9.55. The van der Waals surface area contributed by atoms with E-state index < -0.39 is 0 Å². The highest BCUT2D eigenvalue weighted by Gasteiger charge is 2.66. The highest BCUT2D eigenvalue weighted by molar-refractivity contribution is 7.78. The van der Waals surface area contributed by atoms with Crippen molar-refractivity contribution < 1.29 is 0 Å². The van der Waals surface area contributed by atoms with Gasteiger partial charge in [0, 0.05) is 5.40 Å². The van der Waals surface area contributed by atoms with E-state index in [9.17, 15) is 0 Å². The summed E-state index contributed by atoms with van der Waals surface area (Å²) < 4.78 is 0. The molecule has 0 spiro atoms. The molecule has 0 heterocycles. The van der Waals surface area contributed by atoms with E-state index in [-0.39, 0.29) is 15.8 Å². The van der Waals surface area contributed by atoms with Crippen LogP contribution < -0.4 is 0 Å². The Morgan fingerprint density at radius 1 is 0.513 bits per heavy atom. The van der Waals surface area contributed by atoms with Crippen LogP contribution in [-0.2, 0) is 0 Å². The average Bonchev–Trinajstić information content (AvgIpc) is 2.76. The molecule has 9 rings (SSSR count). The Hall–Kier alpha value is 0.860. The summed E-state index contributed by atoms with van der Waals surface area (Å²) in [6.45, 7) is 21.5. The van der Waals surface area contributed by atoms with Crippen molar-refractivity contribution >= 4 is 15.8 Å². The summed E-state index contributed by atoms with van der Waals surface area (Å²) in [6, 6.07) is 0. The molecule has 9 saturated carbocycles. The zero-order valence-electron chi connectivity index (χ0n) is 27.3. The molecular formula is C37H64P2. The lowest BCUT2D eigenvalue weighted by molar-refractivity contribution is 0.0176. The van der Waals surface area contributed by atoms with Gasteiger partial charge in [-0.05, 0) is 164 Å². The quantitative estimate of drug-likeness (QED) is 0.288. The van der Waals surface area contributed by atoms with Gasteiger partial charge in [0.1, 0.15) is 0 Å². The minimum Gasteiger partial charge on any atom is -0.0877 e. The monoisotopic (exact) mass is 570 g/mol. The highest BCUT2D eigenvalue weighted by Crippen LogP contribution is 2.87. The molecule has 0 aromatic rings. The van der Waals surface area contributed by atoms with Gasteiger partial charge in [0.2, 0.25) is 0 Å². The molecule has 39 heavy (non-hydrogen) atoms. The molecule has 222 valence electrons. The Morgan fingerprint density at radius 2 is 0.872 bits per heavy atom. The SMILES string of the molecule is CC1CCC(C(P(C(C)(C)C)C(C)(C)C)P(C23CC4CC(CC(C4)C2)C3)C23CC4CC(CC(C4)C2)C3)CC1C. The Morgan fingerprint density at radius 3 is 1.18 bits per heavy atom. The fourth-order valence-electron chi connectivity index (χ4n) is 14.0. The maximum atomic E-state index is 2.71. The second kappa shape index (κ2) is 9.68. The first kappa shape index (κ1) is 28.6. The third-order valence-corrected chi connectivity index (χ3v) is 23.4. The third kappa shape index (κ3) is 4.89. The Kier molecular flexibility index (Phi) is 7.10. The van der Waals surface area contributed by atoms with Gasteiger partial charge in [-0.2, -0.15) is 0 Å². The number of hydrogen-bond acceptors (Lipinski definition) is 0. The van der Waals surface area contributed by atoms with Crippen molar-refractivity contribution in [2.45, 2.75) is 178 Å². The number of hydrogen-bond donors (Lipinski definition) is 0. The molecule has 9 fully saturated rings. The van der Waals surface area contributed by atoms with Gasteiger partial charge in [0.05, 0.1) is 0 Å². The summed E-state index contributed by atoms with van der Waals surface area (Å²) in [4.78, 5) is 0. The van der Waals surface area contributed by atoms with Gasteiger partial charge in [-0.3, -0.25) is 0 Å². The van der Waals surface area contributed by atoms with E-state index in [0.717, 1.165) is 69.0 Å². The van der Waals surface area contributed by atoms with Crippen molar-refractivity contribution in [3.8, 4) is 0 Å². The molecular weight excluding hydrogens is 506 g/mol. The summed E-state index contributed by atoms with van der Waals surface area (Å²) >= 11 is 0. The molecule has 8 bridgehead atoms. The number of rotatable bonds is 5. The largest absolute Gasteiger partial charge is 0.0877 e. The standard InChI is InChI=1S/C37H64P2/c1-24-9-10-32(11-25(24)2)33(38(34(3,4)5)35(6,7)8)39(36-18-26-12-27(19-36)14-28(13-26)20-36)37-21-29-15-30(22-37)17-31(16-29)23-37/h24-33H,9-23H2,1-8H3. The maximum Gasteiger partial charge on any atom is 0.00419 e. The predicted octanol–water partition coefficient (Wildman–Crippen LogP) is 11.9. The second-order valence-corrected chi connectivity index (χ2v) is 26.9. The molecule has 0 radical (unpaired) electrons. The van der Waals surface area contributed by atoms with E-state index in [0.29, 0.717) is 10.3 Å². The van der Waals surface area contributed by atoms with Gasteiger partial charge < -0.3 is 0 Å². The molecule has 4 unspecified atom stereocenters. The van der Waals surface area contributed by atoms with Crippen LogP contribution in [0.4, 0.5) is 0 Å². The van der Waals surface area contributed by atoms with E-state index in [1.54, 1.807) is 89.9 Å². The fourth-order valence-corrected chi connectivity index (χ4v) is 28.3. The van der Waals surface area contributed by atoms with Gasteiger partial charge in [-0.25, -0.2) is 0 Å². The van der Waals surface area contributed by atoms with Crippen molar-refractivity contribution in [3.05, 3.63) is 0 Å². The van der Waals surface area contributed by atoms with E-state index in [1.165, 1.54) is 6.42 Å². The van der Waals surface area contributed by atoms with Crippen LogP contribution >= 0.6 is 15.8 Å². The van der Waals surface area contributed by atoms with Crippen LogP contribution in [0.2, 0.25) is 0 Å². The first-order valence-corrected chi connectivity index (χ1v) is 20.7. The summed E-state index contributed by atoms with van der Waals surface area (Å²) in [5.74, 6) is 9.55. The lowest BCUT2D eigenvalue weighted by Crippen LogP contribution is -2.59. The van der Waals surface area contributed by atoms with Crippen molar-refractivity contribution in [1.29, 1.82) is 0 Å². The Balaban J connectivity index is 1.41. The van der Waals surface area contributed by atoms with Crippen molar-refractivity contribution in [2.24, 2.45) is 53.3 Å². The molecule has 4 atom stereocenters. The van der Waals surface area contributed by atoms with Gasteiger partial charge >= 0.3 is 0 Å². The van der Waals surface area contributed by atoms with Crippen LogP contribution in [0.3, 0.4) is 0 Å². The van der Waals surface area contributed by atoms with Gasteiger partial charge in [-0.15, -0.1) is 0 Å². The van der Waals surface area contributed by atoms with Gasteiger partial charge in [0.25, 0.3) is 0 Å². The van der Waals surface area contributed by atoms with Crippen LogP contribution in [0.1, 0.15) is 152 Å². The molecule has 0 nitrogen and oxygen atoms in total. The van der Waals surface area contributed by atoms with Crippen LogP contribution in [0.5, 0.6) is 0 Å². The smallest absolute Gasteiger partial charge is 0.00419 e. The summed E-state index contributed by atoms with van der Waals surface area (Å²) in [5.41, 5.74) is 0. The Labute approximate surface area is 246 Å². The van der Waals surface area contributed by atoms with E-state index in [4.69, 9.17) is 0 Å². The Bertz CT molecular complexity index is 790. The summed E-state index contributed by atoms with van der Waals surface area (Å²) in [7, 11) is -0.0444. The maximum absolute atomic E-state index is 2.71. The summed E-state index contributed by atoms with van der Waals surface area (Å²) in [5, 5.41) is 3.51. The fraction of sp³-hybridized carbons (Fsp3) is 1.00. The molecule has 0 N–H and O–H groups in total. The van der Waals surface area contributed by atoms with Crippen LogP contribution in [0.25, 0.3) is 0 Å². The topological polar surface area (TPSA) is 0 Å². The minimum atomic E-state index is -0.0768. The van der Waals surface area contributed by atoms with E-state index in [2.05, 4.69) is 55.4 Å². The molecule has 0 aromatic carbocycles. The minimum absolute atomic E-state index is 0.0324. The normalized spacial score (nSPS) is 50.5. The van der Waals surface area contributed by atoms with Crippen molar-refractivity contribution in [3.63, 3.8) is 0 Å². The molecule has 0 amide bonds. The van der Waals surface area contributed by atoms with Crippen LogP contribution in [0, 0.1) is 53.3 Å². The molecule has 9 aliphatic rings. The third-order valence-electron chi connectivity index (χ3n) is 14.1. The molecule has 0 aliphatic heterocycles. The molecule has 2 heteroatoms. The highest BCUT2D eigenvalue weighted by atomic mass is 31.2. The zero-order valence-corrected chi connectivity index (χ0v) is 29.1. The second-order valence-electron chi connectivity index (χ2n) is 19.3. The molecule has 0 saturated heterocycles. The summed E-state index contributed by atoms with van der Waals surface area (Å²) in [6.07, 6.45) is 24.5. The van der Waals surface area contributed by atoms with Crippen LogP contribution in [-0.4, -0.2) is 26.0 Å². The first-order valence-electron chi connectivity index (χ1n) is 17.8. The van der Waals surface area contributed by atoms with Crippen molar-refractivity contribution in [1.82, 2.24) is 0 Å². The average molecular weight is 571 g/mol. The lowest BCUT2D eigenvalue weighted by Gasteiger charge is -2.71. The van der Waals surface area contributed by atoms with Gasteiger partial charge in [-0.1, -0.05) is 77.7 Å². The molecule has 9 aliphatic carbocycles. The molecule has 0 aromatic heterocycles. The van der Waals surface area contributed by atoms with E-state index >= 15 is 0 Å². The van der Waals surface area contributed by atoms with E-state index in [1.807, 2.05) is 0 Å².